The number of phenols is 6. The van der Waals surface area contributed by atoms with E-state index in [9.17, 15) is 86.2 Å². The van der Waals surface area contributed by atoms with E-state index in [4.69, 9.17) is 47.4 Å². The SMILES string of the molecule is COc1cc(C2[OH+]c3cc(O)cc(OC4OC(CO)C(O)C(O)C4O)c3C=C2OC2OC(COC(=O)C=Cc3ccc(O)c(O)c3)C(O)C(O)C2OC2OC(COC(=O)C=Cc3ccc(O)c(O)c3)C(O)C(O)C2O)ccc1O. The molecule has 0 radical (unpaired) electrons. The van der Waals surface area contributed by atoms with Gasteiger partial charge in [0.15, 0.2) is 52.7 Å². The van der Waals surface area contributed by atoms with Gasteiger partial charge in [-0.05, 0) is 65.7 Å². The van der Waals surface area contributed by atoms with Gasteiger partial charge in [0, 0.05) is 24.3 Å². The number of aliphatic hydroxyl groups is 10. The third-order valence-corrected chi connectivity index (χ3v) is 13.0. The Morgan fingerprint density at radius 2 is 1.09 bits per heavy atom. The number of ether oxygens (including phenoxy) is 10. The van der Waals surface area contributed by atoms with Crippen LogP contribution in [-0.2, 0) is 42.7 Å². The van der Waals surface area contributed by atoms with Crippen molar-refractivity contribution in [2.24, 2.45) is 0 Å². The number of rotatable bonds is 17. The maximum Gasteiger partial charge on any atom is 0.330 e. The summed E-state index contributed by atoms with van der Waals surface area (Å²) in [7, 11) is 1.27. The Morgan fingerprint density at radius 3 is 1.66 bits per heavy atom. The Labute approximate surface area is 446 Å². The highest BCUT2D eigenvalue weighted by molar-refractivity contribution is 5.87. The van der Waals surface area contributed by atoms with E-state index in [0.717, 1.165) is 30.4 Å². The Bertz CT molecular complexity index is 2910. The number of carbonyl (C=O) groups is 2. The second-order valence-electron chi connectivity index (χ2n) is 18.4. The van der Waals surface area contributed by atoms with Gasteiger partial charge in [-0.15, -0.1) is 0 Å². The van der Waals surface area contributed by atoms with Gasteiger partial charge in [0.05, 0.1) is 25.3 Å². The Hall–Kier alpha value is -7.48. The lowest BCUT2D eigenvalue weighted by Gasteiger charge is -2.46. The summed E-state index contributed by atoms with van der Waals surface area (Å²) in [4.78, 5) is 25.7. The van der Waals surface area contributed by atoms with Crippen LogP contribution in [0.1, 0.15) is 28.4 Å². The third kappa shape index (κ3) is 13.0. The summed E-state index contributed by atoms with van der Waals surface area (Å²) in [6.07, 6.45) is -24.3. The van der Waals surface area contributed by atoms with Crippen molar-refractivity contribution in [3.63, 3.8) is 0 Å². The minimum atomic E-state index is -2.15. The average molecular weight is 1110 g/mol. The molecule has 16 N–H and O–H groups in total. The van der Waals surface area contributed by atoms with E-state index >= 15 is 0 Å². The number of phenolic OH excluding ortho intramolecular Hbond substituents is 6. The predicted octanol–water partition coefficient (Wildman–Crippen LogP) is -1.39. The summed E-state index contributed by atoms with van der Waals surface area (Å²) in [5.74, 6) is -5.19. The topological polar surface area (TPSA) is 433 Å². The molecule has 4 aromatic carbocycles. The lowest BCUT2D eigenvalue weighted by molar-refractivity contribution is -0.364. The van der Waals surface area contributed by atoms with Crippen molar-refractivity contribution < 1.29 is 134 Å². The second kappa shape index (κ2) is 24.7. The zero-order valence-electron chi connectivity index (χ0n) is 41.2. The minimum absolute atomic E-state index is 0.0229. The van der Waals surface area contributed by atoms with E-state index in [2.05, 4.69) is 0 Å². The molecule has 16 unspecified atom stereocenters. The highest BCUT2D eigenvalue weighted by Crippen LogP contribution is 2.48. The minimum Gasteiger partial charge on any atom is -0.571 e. The molecule has 0 saturated carbocycles. The first-order valence-electron chi connectivity index (χ1n) is 24.0. The molecule has 4 heterocycles. The van der Waals surface area contributed by atoms with E-state index in [0.29, 0.717) is 0 Å². The molecule has 8 rings (SSSR count). The summed E-state index contributed by atoms with van der Waals surface area (Å²) in [5, 5.41) is 159. The highest BCUT2D eigenvalue weighted by atomic mass is 16.8. The summed E-state index contributed by atoms with van der Waals surface area (Å²) in [6, 6.07) is 13.7. The van der Waals surface area contributed by atoms with Gasteiger partial charge in [-0.25, -0.2) is 9.59 Å². The molecular formula is C52H57O27+. The summed E-state index contributed by atoms with van der Waals surface area (Å²) >= 11 is 0. The number of fused-ring (bicyclic) bond motifs is 1. The van der Waals surface area contributed by atoms with Crippen LogP contribution in [0.3, 0.4) is 0 Å². The second-order valence-corrected chi connectivity index (χ2v) is 18.4. The van der Waals surface area contributed by atoms with Gasteiger partial charge in [0.2, 0.25) is 12.6 Å². The Kier molecular flexibility index (Phi) is 18.0. The maximum absolute atomic E-state index is 13.0. The van der Waals surface area contributed by atoms with Crippen molar-refractivity contribution in [2.75, 3.05) is 26.9 Å². The van der Waals surface area contributed by atoms with Crippen LogP contribution in [0, 0.1) is 0 Å². The van der Waals surface area contributed by atoms with Crippen LogP contribution >= 0.6 is 0 Å². The lowest BCUT2D eigenvalue weighted by atomic mass is 9.97. The van der Waals surface area contributed by atoms with Crippen LogP contribution in [0.25, 0.3) is 18.2 Å². The van der Waals surface area contributed by atoms with Crippen molar-refractivity contribution in [3.8, 4) is 51.7 Å². The predicted molar refractivity (Wildman–Crippen MR) is 262 cm³/mol. The first-order valence-corrected chi connectivity index (χ1v) is 24.0. The summed E-state index contributed by atoms with van der Waals surface area (Å²) < 4.78 is 56.7. The van der Waals surface area contributed by atoms with Crippen molar-refractivity contribution >= 4 is 30.2 Å². The van der Waals surface area contributed by atoms with Crippen LogP contribution < -0.4 is 9.47 Å². The molecule has 27 heteroatoms. The fourth-order valence-electron chi connectivity index (χ4n) is 8.64. The smallest absolute Gasteiger partial charge is 0.330 e. The molecule has 79 heavy (non-hydrogen) atoms. The van der Waals surface area contributed by atoms with Crippen LogP contribution in [0.5, 0.6) is 51.7 Å². The molecule has 0 aromatic heterocycles. The van der Waals surface area contributed by atoms with Gasteiger partial charge in [-0.3, -0.25) is 0 Å². The standard InChI is InChI=1S/C52H56O27/c1-70-33-14-23(6-9-28(33)57)48-34(17-25-31(73-48)15-24(54)16-32(25)74-50-46(68)43(65)40(62)35(18-53)76-50)75-52-49(45(67)42(64)37(78-52)20-72-39(61)11-5-22-3-8-27(56)30(59)13-22)79-51-47(69)44(66)41(63)36(77-51)19-71-38(60)10-4-21-2-7-26(55)29(58)12-21/h2-17,35-37,40-59,62-69H,18-20H2,1H3/p+1. The van der Waals surface area contributed by atoms with Gasteiger partial charge >= 0.3 is 11.9 Å². The molecule has 16 atom stereocenters. The first-order chi connectivity index (χ1) is 37.6. The highest BCUT2D eigenvalue weighted by Gasteiger charge is 2.53. The number of hydrogen-bond donors (Lipinski definition) is 15. The number of aliphatic hydroxyl groups excluding tert-OH is 9. The number of carbonyl (C=O) groups excluding carboxylic acids is 2. The largest absolute Gasteiger partial charge is 0.571 e. The number of methoxy groups -OCH3 is 1. The molecule has 0 spiro atoms. The van der Waals surface area contributed by atoms with Crippen LogP contribution in [0.4, 0.5) is 0 Å². The summed E-state index contributed by atoms with van der Waals surface area (Å²) in [5.41, 5.74) is 0.736. The maximum atomic E-state index is 13.0. The van der Waals surface area contributed by atoms with E-state index in [1.807, 2.05) is 0 Å². The van der Waals surface area contributed by atoms with Crippen molar-refractivity contribution in [2.45, 2.75) is 98.2 Å². The molecule has 27 nitrogen and oxygen atoms in total. The molecule has 0 aliphatic carbocycles. The number of hydrogen-bond acceptors (Lipinski definition) is 26. The Balaban J connectivity index is 1.12. The molecule has 426 valence electrons. The quantitative estimate of drug-likeness (QED) is 0.0251. The summed E-state index contributed by atoms with van der Waals surface area (Å²) in [6.45, 7) is -2.41. The molecule has 4 aromatic rings. The third-order valence-electron chi connectivity index (χ3n) is 13.0. The molecule has 4 aliphatic rings. The van der Waals surface area contributed by atoms with Crippen LogP contribution in [0.2, 0.25) is 0 Å². The van der Waals surface area contributed by atoms with Crippen molar-refractivity contribution in [3.05, 3.63) is 107 Å². The normalized spacial score (nSPS) is 30.7. The van der Waals surface area contributed by atoms with Crippen molar-refractivity contribution in [1.82, 2.24) is 0 Å². The van der Waals surface area contributed by atoms with Gasteiger partial charge < -0.3 is 124 Å². The zero-order chi connectivity index (χ0) is 57.0. The fraction of sp³-hybridized carbons (Fsp3) is 0.385. The molecule has 3 saturated heterocycles. The lowest BCUT2D eigenvalue weighted by Crippen LogP contribution is -2.64. The van der Waals surface area contributed by atoms with Crippen LogP contribution in [-0.4, -0.2) is 212 Å². The van der Waals surface area contributed by atoms with Gasteiger partial charge in [0.1, 0.15) is 97.4 Å². The first kappa shape index (κ1) is 57.7. The number of benzene rings is 4. The van der Waals surface area contributed by atoms with E-state index in [1.165, 1.54) is 73.9 Å². The van der Waals surface area contributed by atoms with Gasteiger partial charge in [-0.2, -0.15) is 0 Å². The average Bonchev–Trinajstić information content (AvgIpc) is 3.59. The molecule has 3 fully saturated rings. The molecule has 4 aliphatic heterocycles. The van der Waals surface area contributed by atoms with Gasteiger partial charge in [0.25, 0.3) is 11.9 Å². The van der Waals surface area contributed by atoms with Gasteiger partial charge in [-0.1, -0.05) is 12.1 Å². The van der Waals surface area contributed by atoms with Crippen LogP contribution in [0.15, 0.2) is 84.6 Å². The molecule has 0 amide bonds. The zero-order valence-corrected chi connectivity index (χ0v) is 41.2. The van der Waals surface area contributed by atoms with E-state index in [1.54, 1.807) is 0 Å². The number of esters is 2. The van der Waals surface area contributed by atoms with Crippen molar-refractivity contribution in [1.29, 1.82) is 0 Å². The van der Waals surface area contributed by atoms with E-state index in [-0.39, 0.29) is 51.0 Å². The fourth-order valence-corrected chi connectivity index (χ4v) is 8.64. The molecular weight excluding hydrogens is 1060 g/mol. The molecule has 0 bridgehead atoms. The van der Waals surface area contributed by atoms with E-state index < -0.39 is 159 Å². The monoisotopic (exact) mass is 1110 g/mol. The number of aromatic hydroxyl groups is 7. The Morgan fingerprint density at radius 1 is 0.557 bits per heavy atom.